The number of nitrogens with zero attached hydrogens (tertiary/aromatic N) is 1. The van der Waals surface area contributed by atoms with Gasteiger partial charge in [-0.1, -0.05) is 30.3 Å². The molecule has 2 aromatic carbocycles. The zero-order valence-corrected chi connectivity index (χ0v) is 11.2. The van der Waals surface area contributed by atoms with Gasteiger partial charge in [-0.05, 0) is 35.7 Å². The lowest BCUT2D eigenvalue weighted by molar-refractivity contribution is 0.248. The molecule has 3 rings (SSSR count). The number of anilines is 2. The maximum Gasteiger partial charge on any atom is 0.312 e. The number of rotatable bonds is 3. The van der Waals surface area contributed by atoms with Gasteiger partial charge in [-0.2, -0.15) is 0 Å². The maximum atomic E-state index is 10.7. The van der Waals surface area contributed by atoms with Gasteiger partial charge in [0.2, 0.25) is 0 Å². The third kappa shape index (κ3) is 2.45. The summed E-state index contributed by atoms with van der Waals surface area (Å²) >= 11 is 0. The Hall–Kier alpha value is -2.49. The Balaban J connectivity index is 1.83. The monoisotopic (exact) mass is 267 g/mol. The van der Waals surface area contributed by atoms with E-state index in [9.17, 15) is 4.79 Å². The molecule has 1 aliphatic heterocycles. The summed E-state index contributed by atoms with van der Waals surface area (Å²) in [5, 5.41) is 2.62. The van der Waals surface area contributed by atoms with Crippen molar-refractivity contribution < 1.29 is 4.79 Å². The molecule has 4 nitrogen and oxygen atoms in total. The summed E-state index contributed by atoms with van der Waals surface area (Å²) in [6.07, 6.45) is 1.02. The second-order valence-corrected chi connectivity index (χ2v) is 4.92. The van der Waals surface area contributed by atoms with Crippen LogP contribution in [0.5, 0.6) is 0 Å². The Morgan fingerprint density at radius 3 is 2.75 bits per heavy atom. The molecule has 1 heterocycles. The number of primary amides is 1. The first-order valence-corrected chi connectivity index (χ1v) is 6.72. The van der Waals surface area contributed by atoms with Gasteiger partial charge in [0.1, 0.15) is 0 Å². The van der Waals surface area contributed by atoms with E-state index in [1.807, 2.05) is 12.1 Å². The Morgan fingerprint density at radius 1 is 1.20 bits per heavy atom. The van der Waals surface area contributed by atoms with Crippen LogP contribution < -0.4 is 16.0 Å². The van der Waals surface area contributed by atoms with E-state index >= 15 is 0 Å². The van der Waals surface area contributed by atoms with Crippen LogP contribution in [0.25, 0.3) is 0 Å². The van der Waals surface area contributed by atoms with Crippen molar-refractivity contribution >= 4 is 17.4 Å². The molecule has 1 aliphatic rings. The molecular formula is C16H17N3O. The van der Waals surface area contributed by atoms with Gasteiger partial charge < -0.3 is 16.0 Å². The summed E-state index contributed by atoms with van der Waals surface area (Å²) in [5.41, 5.74) is 9.96. The molecule has 102 valence electrons. The van der Waals surface area contributed by atoms with Crippen LogP contribution in [-0.2, 0) is 13.0 Å². The Bertz CT molecular complexity index is 625. The number of carbonyl (C=O) groups is 1. The highest BCUT2D eigenvalue weighted by Crippen LogP contribution is 2.34. The van der Waals surface area contributed by atoms with Crippen molar-refractivity contribution in [3.63, 3.8) is 0 Å². The number of hydrogen-bond donors (Lipinski definition) is 2. The van der Waals surface area contributed by atoms with Gasteiger partial charge in [0.25, 0.3) is 0 Å². The molecule has 20 heavy (non-hydrogen) atoms. The molecule has 0 bridgehead atoms. The number of fused-ring (bicyclic) bond motifs is 1. The summed E-state index contributed by atoms with van der Waals surface area (Å²) in [5.74, 6) is 0. The van der Waals surface area contributed by atoms with Crippen LogP contribution in [0.4, 0.5) is 16.2 Å². The molecule has 0 aromatic heterocycles. The minimum absolute atomic E-state index is 0.480. The molecule has 0 saturated heterocycles. The summed E-state index contributed by atoms with van der Waals surface area (Å²) < 4.78 is 0. The normalized spacial score (nSPS) is 13.1. The Morgan fingerprint density at radius 2 is 2.00 bits per heavy atom. The van der Waals surface area contributed by atoms with Crippen molar-refractivity contribution in [3.05, 3.63) is 59.7 Å². The van der Waals surface area contributed by atoms with Crippen molar-refractivity contribution in [2.75, 3.05) is 11.4 Å². The van der Waals surface area contributed by atoms with E-state index in [1.54, 1.807) is 0 Å². The average molecular weight is 267 g/mol. The van der Waals surface area contributed by atoms with Gasteiger partial charge in [-0.15, -0.1) is 0 Å². The summed E-state index contributed by atoms with van der Waals surface area (Å²) in [6, 6.07) is 16.2. The van der Waals surface area contributed by atoms with Gasteiger partial charge in [-0.25, -0.2) is 4.79 Å². The standard InChI is InChI=1S/C16H17N3O/c17-16(20)18-11-12-6-7-15-13(10-12)8-9-19(15)14-4-2-1-3-5-14/h1-7,10H,8-9,11H2,(H3,17,18,20). The first-order chi connectivity index (χ1) is 9.74. The molecule has 0 fully saturated rings. The lowest BCUT2D eigenvalue weighted by atomic mass is 10.1. The average Bonchev–Trinajstić information content (AvgIpc) is 2.89. The van der Waals surface area contributed by atoms with Crippen LogP contribution in [0.1, 0.15) is 11.1 Å². The number of para-hydroxylation sites is 1. The highest BCUT2D eigenvalue weighted by Gasteiger charge is 2.20. The summed E-state index contributed by atoms with van der Waals surface area (Å²) in [4.78, 5) is 13.1. The largest absolute Gasteiger partial charge is 0.352 e. The first kappa shape index (κ1) is 12.5. The molecule has 0 radical (unpaired) electrons. The van der Waals surface area contributed by atoms with Gasteiger partial charge in [0.05, 0.1) is 0 Å². The fourth-order valence-electron chi connectivity index (χ4n) is 2.63. The Kier molecular flexibility index (Phi) is 3.29. The number of nitrogens with one attached hydrogen (secondary N) is 1. The quantitative estimate of drug-likeness (QED) is 0.898. The van der Waals surface area contributed by atoms with Crippen LogP contribution in [-0.4, -0.2) is 12.6 Å². The number of carbonyl (C=O) groups excluding carboxylic acids is 1. The first-order valence-electron chi connectivity index (χ1n) is 6.72. The molecule has 0 atom stereocenters. The molecule has 3 N–H and O–H groups in total. The maximum absolute atomic E-state index is 10.7. The van der Waals surface area contributed by atoms with E-state index in [-0.39, 0.29) is 0 Å². The predicted molar refractivity (Wildman–Crippen MR) is 80.0 cm³/mol. The second-order valence-electron chi connectivity index (χ2n) is 4.92. The van der Waals surface area contributed by atoms with E-state index in [2.05, 4.69) is 46.6 Å². The fraction of sp³-hybridized carbons (Fsp3) is 0.188. The number of urea groups is 1. The van der Waals surface area contributed by atoms with Crippen LogP contribution >= 0.6 is 0 Å². The highest BCUT2D eigenvalue weighted by atomic mass is 16.2. The van der Waals surface area contributed by atoms with Gasteiger partial charge in [-0.3, -0.25) is 0 Å². The SMILES string of the molecule is NC(=O)NCc1ccc2c(c1)CCN2c1ccccc1. The molecule has 0 saturated carbocycles. The molecule has 0 spiro atoms. The number of hydrogen-bond acceptors (Lipinski definition) is 2. The smallest absolute Gasteiger partial charge is 0.312 e. The number of nitrogens with two attached hydrogens (primary N) is 1. The molecular weight excluding hydrogens is 250 g/mol. The molecule has 2 aromatic rings. The van der Waals surface area contributed by atoms with Crippen molar-refractivity contribution in [3.8, 4) is 0 Å². The lowest BCUT2D eigenvalue weighted by Crippen LogP contribution is -2.28. The third-order valence-electron chi connectivity index (χ3n) is 3.57. The van der Waals surface area contributed by atoms with Crippen LogP contribution in [0, 0.1) is 0 Å². The lowest BCUT2D eigenvalue weighted by Gasteiger charge is -2.19. The van der Waals surface area contributed by atoms with Gasteiger partial charge in [0, 0.05) is 24.5 Å². The van der Waals surface area contributed by atoms with Crippen LogP contribution in [0.15, 0.2) is 48.5 Å². The number of amides is 2. The highest BCUT2D eigenvalue weighted by molar-refractivity contribution is 5.72. The zero-order chi connectivity index (χ0) is 13.9. The Labute approximate surface area is 118 Å². The second kappa shape index (κ2) is 5.25. The molecule has 4 heteroatoms. The van der Waals surface area contributed by atoms with Crippen molar-refractivity contribution in [1.82, 2.24) is 5.32 Å². The van der Waals surface area contributed by atoms with Crippen LogP contribution in [0.3, 0.4) is 0 Å². The zero-order valence-electron chi connectivity index (χ0n) is 11.2. The van der Waals surface area contributed by atoms with Crippen molar-refractivity contribution in [1.29, 1.82) is 0 Å². The summed E-state index contributed by atoms with van der Waals surface area (Å²) in [7, 11) is 0. The van der Waals surface area contributed by atoms with Crippen molar-refractivity contribution in [2.45, 2.75) is 13.0 Å². The van der Waals surface area contributed by atoms with E-state index in [4.69, 9.17) is 5.73 Å². The third-order valence-corrected chi connectivity index (χ3v) is 3.57. The topological polar surface area (TPSA) is 58.4 Å². The predicted octanol–water partition coefficient (Wildman–Crippen LogP) is 2.55. The molecule has 0 unspecified atom stereocenters. The van der Waals surface area contributed by atoms with E-state index in [0.717, 1.165) is 18.5 Å². The number of benzene rings is 2. The van der Waals surface area contributed by atoms with E-state index < -0.39 is 6.03 Å². The van der Waals surface area contributed by atoms with E-state index in [0.29, 0.717) is 6.54 Å². The fourth-order valence-corrected chi connectivity index (χ4v) is 2.63. The van der Waals surface area contributed by atoms with Crippen LogP contribution in [0.2, 0.25) is 0 Å². The van der Waals surface area contributed by atoms with Gasteiger partial charge in [0.15, 0.2) is 0 Å². The minimum atomic E-state index is -0.489. The molecule has 0 aliphatic carbocycles. The van der Waals surface area contributed by atoms with E-state index in [1.165, 1.54) is 16.9 Å². The van der Waals surface area contributed by atoms with Crippen molar-refractivity contribution in [2.24, 2.45) is 5.73 Å². The van der Waals surface area contributed by atoms with Gasteiger partial charge >= 0.3 is 6.03 Å². The molecule has 2 amide bonds. The minimum Gasteiger partial charge on any atom is -0.352 e. The summed E-state index contributed by atoms with van der Waals surface area (Å²) in [6.45, 7) is 1.47.